The highest BCUT2D eigenvalue weighted by molar-refractivity contribution is 8.00. The lowest BCUT2D eigenvalue weighted by Crippen LogP contribution is -2.15. The predicted octanol–water partition coefficient (Wildman–Crippen LogP) is 4.45. The zero-order chi connectivity index (χ0) is 17.2. The Kier molecular flexibility index (Phi) is 4.70. The Labute approximate surface area is 157 Å². The van der Waals surface area contributed by atoms with Crippen molar-refractivity contribution in [2.75, 3.05) is 24.3 Å². The molecule has 1 aliphatic heterocycles. The number of benzene rings is 2. The van der Waals surface area contributed by atoms with Crippen LogP contribution in [0.1, 0.15) is 0 Å². The number of nitrogens with zero attached hydrogens (tertiary/aromatic N) is 1. The number of hydrogen-bond donors (Lipinski definition) is 1. The summed E-state index contributed by atoms with van der Waals surface area (Å²) < 4.78 is 12.0. The summed E-state index contributed by atoms with van der Waals surface area (Å²) in [5.74, 6) is 1.65. The molecule has 0 radical (unpaired) electrons. The number of ether oxygens (including phenoxy) is 2. The minimum Gasteiger partial charge on any atom is -0.486 e. The van der Waals surface area contributed by atoms with Gasteiger partial charge < -0.3 is 14.8 Å². The molecule has 0 atom stereocenters. The molecule has 1 N–H and O–H groups in total. The molecule has 1 aliphatic rings. The smallest absolute Gasteiger partial charge is 0.236 e. The number of amides is 1. The molecule has 0 fully saturated rings. The van der Waals surface area contributed by atoms with Crippen LogP contribution in [0.3, 0.4) is 0 Å². The first-order chi connectivity index (χ1) is 12.2. The van der Waals surface area contributed by atoms with Crippen LogP contribution in [0.25, 0.3) is 10.2 Å². The van der Waals surface area contributed by atoms with Gasteiger partial charge in [-0.15, -0.1) is 11.8 Å². The Morgan fingerprint density at radius 1 is 1.20 bits per heavy atom. The van der Waals surface area contributed by atoms with Gasteiger partial charge in [0, 0.05) is 9.92 Å². The highest BCUT2D eigenvalue weighted by Crippen LogP contribution is 2.34. The number of nitrogens with one attached hydrogen (secondary N) is 1. The van der Waals surface area contributed by atoms with Crippen LogP contribution in [-0.4, -0.2) is 29.9 Å². The van der Waals surface area contributed by atoms with E-state index in [2.05, 4.69) is 10.3 Å². The van der Waals surface area contributed by atoms with Crippen molar-refractivity contribution < 1.29 is 14.3 Å². The molecule has 0 saturated carbocycles. The van der Waals surface area contributed by atoms with Crippen molar-refractivity contribution in [2.45, 2.75) is 4.90 Å². The predicted molar refractivity (Wildman–Crippen MR) is 101 cm³/mol. The van der Waals surface area contributed by atoms with E-state index < -0.39 is 0 Å². The summed E-state index contributed by atoms with van der Waals surface area (Å²) in [4.78, 5) is 17.5. The van der Waals surface area contributed by atoms with Crippen LogP contribution in [0.15, 0.2) is 41.3 Å². The molecule has 2 heterocycles. The van der Waals surface area contributed by atoms with Gasteiger partial charge in [-0.25, -0.2) is 4.98 Å². The number of carbonyl (C=O) groups excluding carboxylic acids is 1. The standard InChI is InChI=1S/C17H13ClN2O3S2/c18-10-1-3-12-15(7-10)25-17(19-12)20-16(21)9-24-11-2-4-13-14(8-11)23-6-5-22-13/h1-4,7-8H,5-6,9H2,(H,19,20,21). The molecule has 5 nitrogen and oxygen atoms in total. The first-order valence-corrected chi connectivity index (χ1v) is 9.74. The lowest BCUT2D eigenvalue weighted by Gasteiger charge is -2.18. The van der Waals surface area contributed by atoms with Crippen LogP contribution in [0, 0.1) is 0 Å². The van der Waals surface area contributed by atoms with Gasteiger partial charge in [0.25, 0.3) is 0 Å². The lowest BCUT2D eigenvalue weighted by atomic mass is 10.3. The summed E-state index contributed by atoms with van der Waals surface area (Å²) in [6.45, 7) is 1.11. The number of anilines is 1. The van der Waals surface area contributed by atoms with E-state index in [1.165, 1.54) is 23.1 Å². The fourth-order valence-corrected chi connectivity index (χ4v) is 4.25. The van der Waals surface area contributed by atoms with Gasteiger partial charge in [0.2, 0.25) is 5.91 Å². The number of fused-ring (bicyclic) bond motifs is 2. The number of thiazole rings is 1. The van der Waals surface area contributed by atoms with Crippen molar-refractivity contribution in [2.24, 2.45) is 0 Å². The molecule has 4 rings (SSSR count). The van der Waals surface area contributed by atoms with E-state index in [-0.39, 0.29) is 11.7 Å². The van der Waals surface area contributed by atoms with Gasteiger partial charge in [-0.3, -0.25) is 4.79 Å². The van der Waals surface area contributed by atoms with Crippen LogP contribution in [0.5, 0.6) is 11.5 Å². The highest BCUT2D eigenvalue weighted by atomic mass is 35.5. The summed E-state index contributed by atoms with van der Waals surface area (Å²) in [5, 5.41) is 4.06. The van der Waals surface area contributed by atoms with Crippen LogP contribution in [0.4, 0.5) is 5.13 Å². The third-order valence-corrected chi connectivity index (χ3v) is 5.64. The first-order valence-electron chi connectivity index (χ1n) is 7.56. The minimum absolute atomic E-state index is 0.106. The Hall–Kier alpha value is -1.96. The van der Waals surface area contributed by atoms with Crippen molar-refractivity contribution >= 4 is 56.0 Å². The minimum atomic E-state index is -0.106. The van der Waals surface area contributed by atoms with Gasteiger partial charge in [0.15, 0.2) is 16.6 Å². The quantitative estimate of drug-likeness (QED) is 0.664. The van der Waals surface area contributed by atoms with E-state index in [0.717, 1.165) is 26.6 Å². The maximum Gasteiger partial charge on any atom is 0.236 e. The first kappa shape index (κ1) is 16.5. The van der Waals surface area contributed by atoms with Crippen molar-refractivity contribution in [3.8, 4) is 11.5 Å². The average molecular weight is 393 g/mol. The summed E-state index contributed by atoms with van der Waals surface area (Å²) in [6, 6.07) is 11.2. The zero-order valence-corrected chi connectivity index (χ0v) is 15.3. The van der Waals surface area contributed by atoms with Gasteiger partial charge in [-0.2, -0.15) is 0 Å². The molecule has 0 spiro atoms. The monoisotopic (exact) mass is 392 g/mol. The second-order valence-corrected chi connectivity index (χ2v) is 7.79. The van der Waals surface area contributed by atoms with E-state index >= 15 is 0 Å². The fraction of sp³-hybridized carbons (Fsp3) is 0.176. The highest BCUT2D eigenvalue weighted by Gasteiger charge is 2.13. The number of aromatic nitrogens is 1. The number of rotatable bonds is 4. The Balaban J connectivity index is 1.38. The second-order valence-electron chi connectivity index (χ2n) is 5.27. The summed E-state index contributed by atoms with van der Waals surface area (Å²) in [5.41, 5.74) is 0.823. The summed E-state index contributed by atoms with van der Waals surface area (Å²) >= 11 is 8.82. The topological polar surface area (TPSA) is 60.5 Å². The Bertz CT molecular complexity index is 945. The van der Waals surface area contributed by atoms with E-state index in [9.17, 15) is 4.79 Å². The van der Waals surface area contributed by atoms with Crippen LogP contribution in [-0.2, 0) is 4.79 Å². The number of carbonyl (C=O) groups is 1. The summed E-state index contributed by atoms with van der Waals surface area (Å²) in [6.07, 6.45) is 0. The lowest BCUT2D eigenvalue weighted by molar-refractivity contribution is -0.113. The number of halogens is 1. The number of hydrogen-bond acceptors (Lipinski definition) is 6. The fourth-order valence-electron chi connectivity index (χ4n) is 2.37. The largest absolute Gasteiger partial charge is 0.486 e. The Morgan fingerprint density at radius 2 is 2.04 bits per heavy atom. The molecule has 25 heavy (non-hydrogen) atoms. The molecule has 3 aromatic rings. The van der Waals surface area contributed by atoms with E-state index in [1.54, 1.807) is 6.07 Å². The molecule has 128 valence electrons. The average Bonchev–Trinajstić information content (AvgIpc) is 3.01. The third-order valence-electron chi connectivity index (χ3n) is 3.48. The van der Waals surface area contributed by atoms with Gasteiger partial charge in [0.05, 0.1) is 16.0 Å². The van der Waals surface area contributed by atoms with Crippen molar-refractivity contribution in [1.29, 1.82) is 0 Å². The molecule has 1 amide bonds. The van der Waals surface area contributed by atoms with E-state index in [0.29, 0.717) is 23.4 Å². The van der Waals surface area contributed by atoms with E-state index in [1.807, 2.05) is 30.3 Å². The normalized spacial score (nSPS) is 13.0. The van der Waals surface area contributed by atoms with Crippen molar-refractivity contribution in [1.82, 2.24) is 4.98 Å². The van der Waals surface area contributed by atoms with Gasteiger partial charge in [0.1, 0.15) is 13.2 Å². The van der Waals surface area contributed by atoms with Crippen LogP contribution < -0.4 is 14.8 Å². The third kappa shape index (κ3) is 3.84. The van der Waals surface area contributed by atoms with Crippen LogP contribution >= 0.6 is 34.7 Å². The maximum absolute atomic E-state index is 12.2. The van der Waals surface area contributed by atoms with Crippen LogP contribution in [0.2, 0.25) is 5.02 Å². The molecule has 2 aromatic carbocycles. The molecule has 1 aromatic heterocycles. The Morgan fingerprint density at radius 3 is 2.92 bits per heavy atom. The van der Waals surface area contributed by atoms with Gasteiger partial charge in [-0.05, 0) is 36.4 Å². The summed E-state index contributed by atoms with van der Waals surface area (Å²) in [7, 11) is 0. The molecule has 8 heteroatoms. The molecule has 0 saturated heterocycles. The zero-order valence-electron chi connectivity index (χ0n) is 13.0. The molecular formula is C17H13ClN2O3S2. The molecule has 0 unspecified atom stereocenters. The van der Waals surface area contributed by atoms with E-state index in [4.69, 9.17) is 21.1 Å². The molecular weight excluding hydrogens is 380 g/mol. The van der Waals surface area contributed by atoms with Crippen molar-refractivity contribution in [3.05, 3.63) is 41.4 Å². The van der Waals surface area contributed by atoms with Crippen molar-refractivity contribution in [3.63, 3.8) is 0 Å². The SMILES string of the molecule is O=C(CSc1ccc2c(c1)OCCO2)Nc1nc2ccc(Cl)cc2s1. The maximum atomic E-state index is 12.2. The second kappa shape index (κ2) is 7.11. The molecule has 0 bridgehead atoms. The number of thioether (sulfide) groups is 1. The van der Waals surface area contributed by atoms with Gasteiger partial charge in [-0.1, -0.05) is 22.9 Å². The van der Waals surface area contributed by atoms with Gasteiger partial charge >= 0.3 is 0 Å². The molecule has 0 aliphatic carbocycles.